The minimum atomic E-state index is -0.846. The number of alkyl halides is 1. The van der Waals surface area contributed by atoms with Crippen molar-refractivity contribution in [3.05, 3.63) is 20.3 Å². The summed E-state index contributed by atoms with van der Waals surface area (Å²) in [6.45, 7) is 0. The molecule has 66 valence electrons. The second-order valence-electron chi connectivity index (χ2n) is 2.14. The number of carbonyl (C=O) groups is 1. The third-order valence-electron chi connectivity index (χ3n) is 1.38. The summed E-state index contributed by atoms with van der Waals surface area (Å²) < 4.78 is 0.893. The molecule has 0 aromatic carbocycles. The predicted octanol–water partition coefficient (Wildman–Crippen LogP) is 3.15. The van der Waals surface area contributed by atoms with E-state index in [1.54, 1.807) is 5.38 Å². The third kappa shape index (κ3) is 2.08. The fourth-order valence-electron chi connectivity index (χ4n) is 0.868. The molecule has 0 radical (unpaired) electrons. The van der Waals surface area contributed by atoms with E-state index in [-0.39, 0.29) is 0 Å². The highest BCUT2D eigenvalue weighted by Crippen LogP contribution is 2.28. The number of carboxylic acids is 1. The maximum absolute atomic E-state index is 10.7. The molecule has 0 aliphatic rings. The van der Waals surface area contributed by atoms with Gasteiger partial charge in [-0.2, -0.15) is 0 Å². The zero-order valence-electron chi connectivity index (χ0n) is 6.01. The van der Waals surface area contributed by atoms with E-state index in [9.17, 15) is 4.79 Å². The predicted molar refractivity (Wildman–Crippen MR) is 56.5 cm³/mol. The van der Waals surface area contributed by atoms with E-state index in [2.05, 4.69) is 31.9 Å². The van der Waals surface area contributed by atoms with Crippen molar-refractivity contribution in [1.29, 1.82) is 0 Å². The van der Waals surface area contributed by atoms with Crippen LogP contribution in [0.3, 0.4) is 0 Å². The monoisotopic (exact) mass is 312 g/mol. The fraction of sp³-hybridized carbons (Fsp3) is 0.286. The van der Waals surface area contributed by atoms with E-state index < -0.39 is 5.97 Å². The molecule has 0 atom stereocenters. The SMILES string of the molecule is O=C(O)c1scc(Br)c1CCBr. The van der Waals surface area contributed by atoms with Crippen molar-refractivity contribution in [3.63, 3.8) is 0 Å². The zero-order chi connectivity index (χ0) is 9.14. The first kappa shape index (κ1) is 10.2. The van der Waals surface area contributed by atoms with Gasteiger partial charge in [-0.3, -0.25) is 0 Å². The Labute approximate surface area is 90.9 Å². The number of thiophene rings is 1. The van der Waals surface area contributed by atoms with Gasteiger partial charge in [-0.15, -0.1) is 11.3 Å². The summed E-state index contributed by atoms with van der Waals surface area (Å²) >= 11 is 7.85. The van der Waals surface area contributed by atoms with Crippen molar-refractivity contribution >= 4 is 49.2 Å². The standard InChI is InChI=1S/C7H6Br2O2S/c8-2-1-4-5(9)3-12-6(4)7(10)11/h3H,1-2H2,(H,10,11). The van der Waals surface area contributed by atoms with Gasteiger partial charge < -0.3 is 5.11 Å². The molecule has 0 aliphatic heterocycles. The van der Waals surface area contributed by atoms with Crippen LogP contribution >= 0.6 is 43.2 Å². The summed E-state index contributed by atoms with van der Waals surface area (Å²) in [5, 5.41) is 11.4. The molecule has 2 nitrogen and oxygen atoms in total. The van der Waals surface area contributed by atoms with Gasteiger partial charge >= 0.3 is 5.97 Å². The molecule has 1 aromatic heterocycles. The van der Waals surface area contributed by atoms with Gasteiger partial charge in [0.1, 0.15) is 4.88 Å². The van der Waals surface area contributed by atoms with Crippen molar-refractivity contribution in [2.75, 3.05) is 5.33 Å². The van der Waals surface area contributed by atoms with Crippen molar-refractivity contribution < 1.29 is 9.90 Å². The molecule has 0 amide bonds. The maximum atomic E-state index is 10.7. The molecule has 0 saturated heterocycles. The summed E-state index contributed by atoms with van der Waals surface area (Å²) in [5.74, 6) is -0.846. The molecule has 0 bridgehead atoms. The topological polar surface area (TPSA) is 37.3 Å². The number of aromatic carboxylic acids is 1. The highest BCUT2D eigenvalue weighted by Gasteiger charge is 2.14. The van der Waals surface area contributed by atoms with Gasteiger partial charge in [-0.25, -0.2) is 4.79 Å². The molecule has 1 rings (SSSR count). The first-order valence-electron chi connectivity index (χ1n) is 3.22. The number of hydrogen-bond acceptors (Lipinski definition) is 2. The van der Waals surface area contributed by atoms with Gasteiger partial charge in [-0.1, -0.05) is 15.9 Å². The average Bonchev–Trinajstić information content (AvgIpc) is 2.34. The molecule has 0 aliphatic carbocycles. The molecule has 12 heavy (non-hydrogen) atoms. The Kier molecular flexibility index (Phi) is 3.74. The molecule has 0 saturated carbocycles. The van der Waals surface area contributed by atoms with Crippen molar-refractivity contribution in [2.45, 2.75) is 6.42 Å². The van der Waals surface area contributed by atoms with Crippen LogP contribution in [0, 0.1) is 0 Å². The smallest absolute Gasteiger partial charge is 0.346 e. The molecular weight excluding hydrogens is 308 g/mol. The van der Waals surface area contributed by atoms with Gasteiger partial charge in [0.05, 0.1) is 0 Å². The van der Waals surface area contributed by atoms with Crippen molar-refractivity contribution in [2.24, 2.45) is 0 Å². The lowest BCUT2D eigenvalue weighted by atomic mass is 10.2. The quantitative estimate of drug-likeness (QED) is 0.870. The lowest BCUT2D eigenvalue weighted by Crippen LogP contribution is -1.98. The van der Waals surface area contributed by atoms with E-state index >= 15 is 0 Å². The Morgan fingerprint density at radius 1 is 1.67 bits per heavy atom. The fourth-order valence-corrected chi connectivity index (χ4v) is 2.89. The molecule has 0 unspecified atom stereocenters. The molecule has 0 spiro atoms. The Bertz CT molecular complexity index is 296. The summed E-state index contributed by atoms with van der Waals surface area (Å²) in [5.41, 5.74) is 0.879. The van der Waals surface area contributed by atoms with Gasteiger partial charge in [0, 0.05) is 15.2 Å². The van der Waals surface area contributed by atoms with E-state index in [0.29, 0.717) is 4.88 Å². The van der Waals surface area contributed by atoms with Gasteiger partial charge in [0.15, 0.2) is 0 Å². The largest absolute Gasteiger partial charge is 0.477 e. The van der Waals surface area contributed by atoms with Crippen LogP contribution in [-0.2, 0) is 6.42 Å². The zero-order valence-corrected chi connectivity index (χ0v) is 10.00. The minimum Gasteiger partial charge on any atom is -0.477 e. The Hall–Kier alpha value is 0.130. The Morgan fingerprint density at radius 3 is 2.83 bits per heavy atom. The lowest BCUT2D eigenvalue weighted by Gasteiger charge is -1.96. The van der Waals surface area contributed by atoms with E-state index in [4.69, 9.17) is 5.11 Å². The second kappa shape index (κ2) is 4.39. The second-order valence-corrected chi connectivity index (χ2v) is 4.66. The summed E-state index contributed by atoms with van der Waals surface area (Å²) in [7, 11) is 0. The number of hydrogen-bond donors (Lipinski definition) is 1. The van der Waals surface area contributed by atoms with Crippen LogP contribution < -0.4 is 0 Å². The van der Waals surface area contributed by atoms with E-state index in [1.165, 1.54) is 11.3 Å². The third-order valence-corrected chi connectivity index (χ3v) is 3.80. The molecule has 1 heterocycles. The van der Waals surface area contributed by atoms with Crippen molar-refractivity contribution in [1.82, 2.24) is 0 Å². The minimum absolute atomic E-state index is 0.432. The van der Waals surface area contributed by atoms with Gasteiger partial charge in [-0.05, 0) is 27.9 Å². The van der Waals surface area contributed by atoms with Gasteiger partial charge in [0.2, 0.25) is 0 Å². The number of carboxylic acid groups (broad SMARTS) is 1. The summed E-state index contributed by atoms with van der Waals surface area (Å²) in [4.78, 5) is 11.1. The van der Waals surface area contributed by atoms with E-state index in [1.807, 2.05) is 0 Å². The van der Waals surface area contributed by atoms with Gasteiger partial charge in [0.25, 0.3) is 0 Å². The van der Waals surface area contributed by atoms with Crippen LogP contribution in [0.5, 0.6) is 0 Å². The van der Waals surface area contributed by atoms with Crippen LogP contribution in [-0.4, -0.2) is 16.4 Å². The van der Waals surface area contributed by atoms with Crippen LogP contribution in [0.25, 0.3) is 0 Å². The Balaban J connectivity index is 3.03. The lowest BCUT2D eigenvalue weighted by molar-refractivity contribution is 0.0701. The first-order chi connectivity index (χ1) is 5.66. The first-order valence-corrected chi connectivity index (χ1v) is 6.01. The normalized spacial score (nSPS) is 10.2. The van der Waals surface area contributed by atoms with Crippen LogP contribution in [0.1, 0.15) is 15.2 Å². The van der Waals surface area contributed by atoms with E-state index in [0.717, 1.165) is 21.8 Å². The average molecular weight is 314 g/mol. The summed E-state index contributed by atoms with van der Waals surface area (Å²) in [6.07, 6.45) is 0.742. The molecular formula is C7H6Br2O2S. The van der Waals surface area contributed by atoms with Crippen molar-refractivity contribution in [3.8, 4) is 0 Å². The van der Waals surface area contributed by atoms with Crippen LogP contribution in [0.15, 0.2) is 9.85 Å². The maximum Gasteiger partial charge on any atom is 0.346 e. The highest BCUT2D eigenvalue weighted by atomic mass is 79.9. The van der Waals surface area contributed by atoms with Crippen LogP contribution in [0.2, 0.25) is 0 Å². The Morgan fingerprint density at radius 2 is 2.33 bits per heavy atom. The molecule has 0 fully saturated rings. The number of halogens is 2. The molecule has 1 N–H and O–H groups in total. The summed E-state index contributed by atoms with van der Waals surface area (Å²) in [6, 6.07) is 0. The molecule has 5 heteroatoms. The highest BCUT2D eigenvalue weighted by molar-refractivity contribution is 9.10. The molecule has 1 aromatic rings. The van der Waals surface area contributed by atoms with Crippen LogP contribution in [0.4, 0.5) is 0 Å². The number of rotatable bonds is 3.